The summed E-state index contributed by atoms with van der Waals surface area (Å²) in [6.45, 7) is 6.47. The van der Waals surface area contributed by atoms with Crippen molar-refractivity contribution in [3.05, 3.63) is 122 Å². The van der Waals surface area contributed by atoms with E-state index in [9.17, 15) is 14.4 Å². The largest absolute Gasteiger partial charge is 0.462 e. The quantitative estimate of drug-likeness (QED) is 0.0261. The smallest absolute Gasteiger partial charge is 0.306 e. The number of unbranched alkanes of at least 4 members (excludes halogenated alkanes) is 27. The lowest BCUT2D eigenvalue weighted by Crippen LogP contribution is -2.30. The fraction of sp³-hybridized carbons (Fsp3) is 0.681. The molecule has 0 aliphatic carbocycles. The van der Waals surface area contributed by atoms with Crippen molar-refractivity contribution in [1.82, 2.24) is 0 Å². The van der Waals surface area contributed by atoms with Gasteiger partial charge in [0.05, 0.1) is 0 Å². The number of carbonyl (C=O) groups excluding carboxylic acids is 3. The van der Waals surface area contributed by atoms with E-state index in [1.165, 1.54) is 116 Å². The highest BCUT2D eigenvalue weighted by atomic mass is 16.6. The molecule has 444 valence electrons. The average molecular weight is 1080 g/mol. The molecule has 0 heterocycles. The zero-order valence-corrected chi connectivity index (χ0v) is 50.9. The molecule has 1 unspecified atom stereocenters. The third-order valence-electron chi connectivity index (χ3n) is 13.7. The summed E-state index contributed by atoms with van der Waals surface area (Å²) in [6, 6.07) is 0. The molecule has 6 heteroatoms. The second-order valence-electron chi connectivity index (χ2n) is 21.3. The summed E-state index contributed by atoms with van der Waals surface area (Å²) >= 11 is 0. The number of hydrogen-bond donors (Lipinski definition) is 0. The van der Waals surface area contributed by atoms with Crippen LogP contribution in [0.1, 0.15) is 297 Å². The third kappa shape index (κ3) is 62.7. The van der Waals surface area contributed by atoms with Crippen LogP contribution in [0.2, 0.25) is 0 Å². The minimum atomic E-state index is -0.796. The molecule has 78 heavy (non-hydrogen) atoms. The second-order valence-corrected chi connectivity index (χ2v) is 21.3. The third-order valence-corrected chi connectivity index (χ3v) is 13.7. The maximum atomic E-state index is 12.9. The number of rotatable bonds is 58. The first-order chi connectivity index (χ1) is 38.5. The van der Waals surface area contributed by atoms with Crippen molar-refractivity contribution < 1.29 is 28.6 Å². The molecule has 6 nitrogen and oxygen atoms in total. The van der Waals surface area contributed by atoms with Gasteiger partial charge in [-0.3, -0.25) is 14.4 Å². The Hall–Kier alpha value is -4.19. The van der Waals surface area contributed by atoms with Gasteiger partial charge in [0.25, 0.3) is 0 Å². The summed E-state index contributed by atoms with van der Waals surface area (Å²) in [5, 5.41) is 0. The van der Waals surface area contributed by atoms with Crippen LogP contribution in [0.4, 0.5) is 0 Å². The maximum Gasteiger partial charge on any atom is 0.306 e. The highest BCUT2D eigenvalue weighted by Crippen LogP contribution is 2.15. The summed E-state index contributed by atoms with van der Waals surface area (Å²) in [6.07, 6.45) is 90.5. The number of hydrogen-bond acceptors (Lipinski definition) is 6. The van der Waals surface area contributed by atoms with Gasteiger partial charge >= 0.3 is 17.9 Å². The van der Waals surface area contributed by atoms with Gasteiger partial charge in [0.1, 0.15) is 13.2 Å². The summed E-state index contributed by atoms with van der Waals surface area (Å²) in [4.78, 5) is 38.3. The van der Waals surface area contributed by atoms with E-state index in [-0.39, 0.29) is 31.1 Å². The van der Waals surface area contributed by atoms with Crippen molar-refractivity contribution in [2.45, 2.75) is 303 Å². The molecule has 0 aromatic carbocycles. The fourth-order valence-corrected chi connectivity index (χ4v) is 8.80. The van der Waals surface area contributed by atoms with E-state index in [0.717, 1.165) is 141 Å². The topological polar surface area (TPSA) is 78.9 Å². The van der Waals surface area contributed by atoms with Crippen molar-refractivity contribution in [3.8, 4) is 0 Å². The van der Waals surface area contributed by atoms with E-state index < -0.39 is 6.10 Å². The number of esters is 3. The standard InChI is InChI=1S/C72H120O6/c1-4-7-10-13-16-19-22-25-28-30-32-33-34-35-36-37-38-39-40-42-44-47-50-53-56-59-62-65-71(74)77-68-69(67-76-70(73)64-61-58-55-52-49-46-43-27-24-21-18-15-12-9-6-3)78-72(75)66-63-60-57-54-51-48-45-41-31-29-26-23-20-17-14-11-8-5-2/h7,10,16,18-21,23,25,27-29,31-33,35-36,38-39,43,69H,4-6,8-9,11-15,17,22,24,26,30,34,37,40-42,44-68H2,1-3H3/b10-7-,19-16-,21-18-,23-20-,28-25-,31-29-,33-32-,36-35-,39-38-,43-27-. The van der Waals surface area contributed by atoms with Gasteiger partial charge in [-0.15, -0.1) is 0 Å². The van der Waals surface area contributed by atoms with Crippen LogP contribution >= 0.6 is 0 Å². The van der Waals surface area contributed by atoms with Crippen LogP contribution in [-0.4, -0.2) is 37.2 Å². The molecular formula is C72H120O6. The summed E-state index contributed by atoms with van der Waals surface area (Å²) in [5.41, 5.74) is 0. The van der Waals surface area contributed by atoms with Crippen LogP contribution in [-0.2, 0) is 28.6 Å². The molecule has 1 atom stereocenters. The minimum Gasteiger partial charge on any atom is -0.462 e. The molecule has 0 aromatic heterocycles. The Morgan fingerprint density at radius 2 is 0.500 bits per heavy atom. The van der Waals surface area contributed by atoms with Crippen molar-refractivity contribution in [2.24, 2.45) is 0 Å². The lowest BCUT2D eigenvalue weighted by Gasteiger charge is -2.18. The first-order valence-electron chi connectivity index (χ1n) is 32.5. The zero-order valence-electron chi connectivity index (χ0n) is 50.9. The van der Waals surface area contributed by atoms with E-state index in [2.05, 4.69) is 142 Å². The molecule has 0 rings (SSSR count). The molecule has 0 spiro atoms. The zero-order chi connectivity index (χ0) is 56.4. The molecule has 0 saturated heterocycles. The lowest BCUT2D eigenvalue weighted by molar-refractivity contribution is -0.167. The van der Waals surface area contributed by atoms with Crippen LogP contribution in [0.3, 0.4) is 0 Å². The van der Waals surface area contributed by atoms with E-state index >= 15 is 0 Å². The van der Waals surface area contributed by atoms with E-state index in [4.69, 9.17) is 14.2 Å². The Balaban J connectivity index is 4.39. The van der Waals surface area contributed by atoms with E-state index in [1.54, 1.807) is 0 Å². The van der Waals surface area contributed by atoms with Gasteiger partial charge < -0.3 is 14.2 Å². The summed E-state index contributed by atoms with van der Waals surface area (Å²) in [7, 11) is 0. The van der Waals surface area contributed by atoms with Gasteiger partial charge in [-0.2, -0.15) is 0 Å². The van der Waals surface area contributed by atoms with Gasteiger partial charge in [0.2, 0.25) is 0 Å². The highest BCUT2D eigenvalue weighted by Gasteiger charge is 2.19. The number of allylic oxidation sites excluding steroid dienone is 20. The van der Waals surface area contributed by atoms with Crippen molar-refractivity contribution in [2.75, 3.05) is 13.2 Å². The Labute approximate surface area is 482 Å². The predicted molar refractivity (Wildman–Crippen MR) is 339 cm³/mol. The average Bonchev–Trinajstić information content (AvgIpc) is 3.44. The number of carbonyl (C=O) groups is 3. The van der Waals surface area contributed by atoms with Crippen LogP contribution < -0.4 is 0 Å². The van der Waals surface area contributed by atoms with Gasteiger partial charge in [0, 0.05) is 19.3 Å². The molecule has 0 aliphatic rings. The minimum absolute atomic E-state index is 0.0921. The van der Waals surface area contributed by atoms with Crippen LogP contribution in [0.25, 0.3) is 0 Å². The van der Waals surface area contributed by atoms with E-state index in [0.29, 0.717) is 19.3 Å². The molecule has 0 fully saturated rings. The van der Waals surface area contributed by atoms with Crippen molar-refractivity contribution in [1.29, 1.82) is 0 Å². The molecule has 0 saturated carbocycles. The SMILES string of the molecule is CC/C=C\C/C=C\C/C=C\C/C=C\C/C=C\C/C=C\CCCCCCCCCCC(=O)OCC(COC(=O)CCCCCCC/C=C\C/C=C\CCCCC)OC(=O)CCCCCCCCC/C=C\C/C=C\CCCCCC. The van der Waals surface area contributed by atoms with Gasteiger partial charge in [0.15, 0.2) is 6.10 Å². The van der Waals surface area contributed by atoms with Crippen molar-refractivity contribution >= 4 is 17.9 Å². The fourth-order valence-electron chi connectivity index (χ4n) is 8.80. The number of ether oxygens (including phenoxy) is 3. The summed E-state index contributed by atoms with van der Waals surface area (Å²) in [5.74, 6) is -0.916. The first-order valence-corrected chi connectivity index (χ1v) is 32.5. The second kappa shape index (κ2) is 65.3. The predicted octanol–water partition coefficient (Wildman–Crippen LogP) is 22.4. The van der Waals surface area contributed by atoms with Crippen LogP contribution in [0.15, 0.2) is 122 Å². The van der Waals surface area contributed by atoms with E-state index in [1.807, 2.05) is 0 Å². The maximum absolute atomic E-state index is 12.9. The molecular weight excluding hydrogens is 961 g/mol. The Bertz CT molecular complexity index is 1620. The monoisotopic (exact) mass is 1080 g/mol. The molecule has 0 N–H and O–H groups in total. The Kier molecular flexibility index (Phi) is 61.8. The van der Waals surface area contributed by atoms with Crippen LogP contribution in [0.5, 0.6) is 0 Å². The molecule has 0 amide bonds. The first kappa shape index (κ1) is 73.8. The molecule has 0 aromatic rings. The normalized spacial score (nSPS) is 12.9. The van der Waals surface area contributed by atoms with Gasteiger partial charge in [-0.1, -0.05) is 264 Å². The Morgan fingerprint density at radius 1 is 0.269 bits per heavy atom. The van der Waals surface area contributed by atoms with Crippen LogP contribution in [0, 0.1) is 0 Å². The lowest BCUT2D eigenvalue weighted by atomic mass is 10.1. The molecule has 0 bridgehead atoms. The molecule has 0 radical (unpaired) electrons. The molecule has 0 aliphatic heterocycles. The van der Waals surface area contributed by atoms with Gasteiger partial charge in [-0.05, 0) is 135 Å². The highest BCUT2D eigenvalue weighted by molar-refractivity contribution is 5.71. The summed E-state index contributed by atoms with van der Waals surface area (Å²) < 4.78 is 16.9. The van der Waals surface area contributed by atoms with Gasteiger partial charge in [-0.25, -0.2) is 0 Å². The van der Waals surface area contributed by atoms with Crippen molar-refractivity contribution in [3.63, 3.8) is 0 Å². The Morgan fingerprint density at radius 3 is 0.808 bits per heavy atom.